The second-order valence-electron chi connectivity index (χ2n) is 5.02. The van der Waals surface area contributed by atoms with Crippen LogP contribution in [0.4, 0.5) is 5.95 Å². The molecule has 0 aliphatic heterocycles. The van der Waals surface area contributed by atoms with Gasteiger partial charge in [0, 0.05) is 5.39 Å². The number of tetrazole rings is 1. The van der Waals surface area contributed by atoms with E-state index in [4.69, 9.17) is 4.74 Å². The lowest BCUT2D eigenvalue weighted by atomic mass is 10.1. The Balaban J connectivity index is 1.61. The zero-order valence-corrected chi connectivity index (χ0v) is 12.8. The lowest BCUT2D eigenvalue weighted by Gasteiger charge is -2.08. The highest BCUT2D eigenvalue weighted by Crippen LogP contribution is 2.24. The van der Waals surface area contributed by atoms with Gasteiger partial charge in [0.2, 0.25) is 0 Å². The Morgan fingerprint density at radius 1 is 1.22 bits per heavy atom. The minimum absolute atomic E-state index is 0.115. The van der Waals surface area contributed by atoms with Gasteiger partial charge in [-0.1, -0.05) is 48.4 Å². The second-order valence-corrected chi connectivity index (χ2v) is 5.02. The van der Waals surface area contributed by atoms with Crippen LogP contribution in [0.3, 0.4) is 0 Å². The summed E-state index contributed by atoms with van der Waals surface area (Å²) in [6.07, 6.45) is 0.897. The van der Waals surface area contributed by atoms with Crippen molar-refractivity contribution in [2.45, 2.75) is 19.9 Å². The smallest absolute Gasteiger partial charge is 0.270 e. The predicted octanol–water partition coefficient (Wildman–Crippen LogP) is 2.25. The number of hydrogen-bond donors (Lipinski definition) is 1. The third kappa shape index (κ3) is 3.63. The van der Waals surface area contributed by atoms with Gasteiger partial charge in [0.05, 0.1) is 6.54 Å². The zero-order valence-electron chi connectivity index (χ0n) is 12.8. The lowest BCUT2D eigenvalue weighted by Crippen LogP contribution is -2.21. The summed E-state index contributed by atoms with van der Waals surface area (Å²) in [6.45, 7) is 2.56. The van der Waals surface area contributed by atoms with Gasteiger partial charge in [0.25, 0.3) is 11.9 Å². The Morgan fingerprint density at radius 2 is 2.04 bits per heavy atom. The van der Waals surface area contributed by atoms with Gasteiger partial charge in [0.1, 0.15) is 5.75 Å². The molecule has 0 radical (unpaired) electrons. The Morgan fingerprint density at radius 3 is 2.91 bits per heavy atom. The molecule has 0 saturated heterocycles. The van der Waals surface area contributed by atoms with Crippen molar-refractivity contribution in [1.82, 2.24) is 20.2 Å². The molecular formula is C16H17N5O2. The van der Waals surface area contributed by atoms with Crippen LogP contribution >= 0.6 is 0 Å². The standard InChI is InChI=1S/C16H17N5O2/c1-2-10-21-19-16(18-20-21)17-15(22)11-23-14-9-5-7-12-6-3-4-8-13(12)14/h3-9H,2,10-11H2,1H3,(H,17,19,22). The summed E-state index contributed by atoms with van der Waals surface area (Å²) in [5, 5.41) is 16.3. The van der Waals surface area contributed by atoms with Crippen LogP contribution in [0.1, 0.15) is 13.3 Å². The molecule has 2 aromatic carbocycles. The molecule has 0 bridgehead atoms. The van der Waals surface area contributed by atoms with Gasteiger partial charge in [-0.05, 0) is 23.1 Å². The predicted molar refractivity (Wildman–Crippen MR) is 86.2 cm³/mol. The van der Waals surface area contributed by atoms with Crippen LogP contribution in [0.2, 0.25) is 0 Å². The number of ether oxygens (including phenoxy) is 1. The van der Waals surface area contributed by atoms with E-state index < -0.39 is 0 Å². The number of carbonyl (C=O) groups excluding carboxylic acids is 1. The SMILES string of the molecule is CCCn1nnc(NC(=O)COc2cccc3ccccc23)n1. The van der Waals surface area contributed by atoms with Gasteiger partial charge in [0.15, 0.2) is 6.61 Å². The van der Waals surface area contributed by atoms with Crippen LogP contribution in [0.5, 0.6) is 5.75 Å². The molecule has 0 aliphatic rings. The summed E-state index contributed by atoms with van der Waals surface area (Å²) < 4.78 is 5.61. The van der Waals surface area contributed by atoms with E-state index in [1.807, 2.05) is 49.4 Å². The summed E-state index contributed by atoms with van der Waals surface area (Å²) in [6, 6.07) is 13.6. The summed E-state index contributed by atoms with van der Waals surface area (Å²) in [5.74, 6) is 0.528. The van der Waals surface area contributed by atoms with Crippen molar-refractivity contribution in [1.29, 1.82) is 0 Å². The lowest BCUT2D eigenvalue weighted by molar-refractivity contribution is -0.118. The Bertz CT molecular complexity index is 810. The molecular weight excluding hydrogens is 294 g/mol. The third-order valence-electron chi connectivity index (χ3n) is 3.24. The van der Waals surface area contributed by atoms with E-state index in [1.165, 1.54) is 4.80 Å². The number of benzene rings is 2. The molecule has 1 aromatic heterocycles. The number of nitrogens with zero attached hydrogens (tertiary/aromatic N) is 4. The number of aromatic nitrogens is 4. The number of fused-ring (bicyclic) bond motifs is 1. The molecule has 118 valence electrons. The molecule has 3 aromatic rings. The average Bonchev–Trinajstić information content (AvgIpc) is 3.00. The van der Waals surface area contributed by atoms with E-state index in [9.17, 15) is 4.79 Å². The van der Waals surface area contributed by atoms with Gasteiger partial charge in [-0.25, -0.2) is 0 Å². The molecule has 23 heavy (non-hydrogen) atoms. The Kier molecular flexibility index (Phi) is 4.46. The topological polar surface area (TPSA) is 81.9 Å². The number of amides is 1. The van der Waals surface area contributed by atoms with Crippen molar-refractivity contribution in [3.05, 3.63) is 42.5 Å². The summed E-state index contributed by atoms with van der Waals surface area (Å²) >= 11 is 0. The maximum atomic E-state index is 11.9. The van der Waals surface area contributed by atoms with E-state index in [0.717, 1.165) is 17.2 Å². The van der Waals surface area contributed by atoms with Crippen LogP contribution in [-0.2, 0) is 11.3 Å². The second kappa shape index (κ2) is 6.87. The summed E-state index contributed by atoms with van der Waals surface area (Å²) in [4.78, 5) is 13.4. The molecule has 0 spiro atoms. The van der Waals surface area contributed by atoms with Gasteiger partial charge in [-0.2, -0.15) is 4.80 Å². The average molecular weight is 311 g/mol. The van der Waals surface area contributed by atoms with Crippen molar-refractivity contribution < 1.29 is 9.53 Å². The summed E-state index contributed by atoms with van der Waals surface area (Å²) in [5.41, 5.74) is 0. The quantitative estimate of drug-likeness (QED) is 0.755. The fourth-order valence-electron chi connectivity index (χ4n) is 2.21. The van der Waals surface area contributed by atoms with Gasteiger partial charge >= 0.3 is 0 Å². The normalized spacial score (nSPS) is 10.7. The monoisotopic (exact) mass is 311 g/mol. The number of nitrogens with one attached hydrogen (secondary N) is 1. The highest BCUT2D eigenvalue weighted by molar-refractivity contribution is 5.91. The first-order chi connectivity index (χ1) is 11.3. The molecule has 0 fully saturated rings. The molecule has 7 nitrogen and oxygen atoms in total. The molecule has 0 saturated carbocycles. The molecule has 7 heteroatoms. The molecule has 0 atom stereocenters. The van der Waals surface area contributed by atoms with Crippen LogP contribution in [0.15, 0.2) is 42.5 Å². The number of hydrogen-bond acceptors (Lipinski definition) is 5. The zero-order chi connectivity index (χ0) is 16.1. The van der Waals surface area contributed by atoms with Crippen molar-refractivity contribution in [3.8, 4) is 5.75 Å². The first kappa shape index (κ1) is 15.0. The fourth-order valence-corrected chi connectivity index (χ4v) is 2.21. The highest BCUT2D eigenvalue weighted by Gasteiger charge is 2.09. The van der Waals surface area contributed by atoms with Gasteiger partial charge in [-0.3, -0.25) is 10.1 Å². The Labute approximate surface area is 133 Å². The first-order valence-corrected chi connectivity index (χ1v) is 7.44. The molecule has 1 N–H and O–H groups in total. The van der Waals surface area contributed by atoms with Crippen molar-refractivity contribution in [2.75, 3.05) is 11.9 Å². The van der Waals surface area contributed by atoms with E-state index in [0.29, 0.717) is 12.3 Å². The first-order valence-electron chi connectivity index (χ1n) is 7.44. The van der Waals surface area contributed by atoms with Gasteiger partial charge < -0.3 is 4.74 Å². The number of aryl methyl sites for hydroxylation is 1. The molecule has 0 aliphatic carbocycles. The van der Waals surface area contributed by atoms with E-state index >= 15 is 0 Å². The summed E-state index contributed by atoms with van der Waals surface area (Å²) in [7, 11) is 0. The molecule has 0 unspecified atom stereocenters. The van der Waals surface area contributed by atoms with Crippen molar-refractivity contribution in [2.24, 2.45) is 0 Å². The van der Waals surface area contributed by atoms with Crippen LogP contribution < -0.4 is 10.1 Å². The molecule has 1 heterocycles. The van der Waals surface area contributed by atoms with Gasteiger partial charge in [-0.15, -0.1) is 5.10 Å². The fraction of sp³-hybridized carbons (Fsp3) is 0.250. The minimum atomic E-state index is -0.325. The molecule has 3 rings (SSSR count). The van der Waals surface area contributed by atoms with Crippen LogP contribution in [0.25, 0.3) is 10.8 Å². The van der Waals surface area contributed by atoms with Crippen LogP contribution in [0, 0.1) is 0 Å². The van der Waals surface area contributed by atoms with Crippen LogP contribution in [-0.4, -0.2) is 32.7 Å². The van der Waals surface area contributed by atoms with Crippen molar-refractivity contribution in [3.63, 3.8) is 0 Å². The highest BCUT2D eigenvalue weighted by atomic mass is 16.5. The largest absolute Gasteiger partial charge is 0.483 e. The minimum Gasteiger partial charge on any atom is -0.483 e. The van der Waals surface area contributed by atoms with Crippen molar-refractivity contribution >= 4 is 22.6 Å². The maximum absolute atomic E-state index is 11.9. The maximum Gasteiger partial charge on any atom is 0.270 e. The van der Waals surface area contributed by atoms with E-state index in [-0.39, 0.29) is 18.5 Å². The van der Waals surface area contributed by atoms with E-state index in [2.05, 4.69) is 20.7 Å². The third-order valence-corrected chi connectivity index (χ3v) is 3.24. The number of carbonyl (C=O) groups is 1. The number of rotatable bonds is 6. The molecule has 1 amide bonds. The number of anilines is 1. The van der Waals surface area contributed by atoms with E-state index in [1.54, 1.807) is 0 Å². The Hall–Kier alpha value is -2.96.